The lowest BCUT2D eigenvalue weighted by Crippen LogP contribution is -2.48. The SMILES string of the molecule is CCN1CCC[C@H]1CNC(=O)c1ccc2n(c1=O)C[C@H]1C[C@@H]2CN(c2ccncn2)C1. The zero-order valence-corrected chi connectivity index (χ0v) is 18.0. The Morgan fingerprint density at radius 2 is 2.13 bits per heavy atom. The van der Waals surface area contributed by atoms with Gasteiger partial charge in [0, 0.05) is 50.0 Å². The number of nitrogens with zero attached hydrogens (tertiary/aromatic N) is 5. The molecular formula is C23H30N6O2. The van der Waals surface area contributed by atoms with Gasteiger partial charge >= 0.3 is 0 Å². The van der Waals surface area contributed by atoms with Crippen molar-refractivity contribution in [1.29, 1.82) is 0 Å². The number of carbonyl (C=O) groups is 1. The number of fused-ring (bicyclic) bond motifs is 4. The van der Waals surface area contributed by atoms with Gasteiger partial charge in [-0.3, -0.25) is 14.5 Å². The molecular weight excluding hydrogens is 392 g/mol. The molecule has 5 rings (SSSR count). The van der Waals surface area contributed by atoms with Crippen LogP contribution in [0.25, 0.3) is 0 Å². The highest BCUT2D eigenvalue weighted by Crippen LogP contribution is 2.36. The van der Waals surface area contributed by atoms with Crippen molar-refractivity contribution in [3.63, 3.8) is 0 Å². The van der Waals surface area contributed by atoms with Crippen molar-refractivity contribution in [2.75, 3.05) is 37.6 Å². The maximum Gasteiger partial charge on any atom is 0.263 e. The first kappa shape index (κ1) is 20.2. The van der Waals surface area contributed by atoms with Gasteiger partial charge in [0.1, 0.15) is 17.7 Å². The second-order valence-electron chi connectivity index (χ2n) is 8.99. The van der Waals surface area contributed by atoms with Gasteiger partial charge in [0.25, 0.3) is 11.5 Å². The average Bonchev–Trinajstić information content (AvgIpc) is 3.26. The van der Waals surface area contributed by atoms with Crippen molar-refractivity contribution >= 4 is 11.7 Å². The van der Waals surface area contributed by atoms with Crippen LogP contribution in [0.1, 0.15) is 48.2 Å². The lowest BCUT2D eigenvalue weighted by Gasteiger charge is -2.43. The molecule has 5 heterocycles. The van der Waals surface area contributed by atoms with Gasteiger partial charge in [-0.05, 0) is 56.5 Å². The molecule has 1 N–H and O–H groups in total. The fraction of sp³-hybridized carbons (Fsp3) is 0.565. The standard InChI is InChI=1S/C23H30N6O2/c1-2-27-9-3-4-18(27)11-25-22(30)19-5-6-20-17-10-16(13-29(20)23(19)31)12-28(14-17)21-7-8-24-15-26-21/h5-8,15-18H,2-4,9-14H2,1H3,(H,25,30)/t16-,17+,18-/m0/s1. The lowest BCUT2D eigenvalue weighted by molar-refractivity contribution is 0.0938. The summed E-state index contributed by atoms with van der Waals surface area (Å²) in [4.78, 5) is 39.1. The van der Waals surface area contributed by atoms with Crippen molar-refractivity contribution in [3.8, 4) is 0 Å². The van der Waals surface area contributed by atoms with Gasteiger partial charge in [-0.1, -0.05) is 6.92 Å². The third kappa shape index (κ3) is 3.84. The fourth-order valence-electron chi connectivity index (χ4n) is 5.62. The summed E-state index contributed by atoms with van der Waals surface area (Å²) in [5.74, 6) is 1.32. The molecule has 0 spiro atoms. The van der Waals surface area contributed by atoms with Crippen molar-refractivity contribution < 1.29 is 4.79 Å². The van der Waals surface area contributed by atoms with Crippen LogP contribution in [0.5, 0.6) is 0 Å². The molecule has 8 heteroatoms. The van der Waals surface area contributed by atoms with Crippen LogP contribution < -0.4 is 15.8 Å². The molecule has 3 aliphatic heterocycles. The predicted octanol–water partition coefficient (Wildman–Crippen LogP) is 1.48. The molecule has 2 fully saturated rings. The molecule has 0 aromatic carbocycles. The summed E-state index contributed by atoms with van der Waals surface area (Å²) in [6.07, 6.45) is 6.69. The molecule has 3 aliphatic rings. The molecule has 0 radical (unpaired) electrons. The molecule has 164 valence electrons. The third-order valence-corrected chi connectivity index (χ3v) is 7.14. The zero-order valence-electron chi connectivity index (χ0n) is 18.0. The minimum atomic E-state index is -0.249. The topological polar surface area (TPSA) is 83.4 Å². The fourth-order valence-corrected chi connectivity index (χ4v) is 5.62. The number of carbonyl (C=O) groups excluding carboxylic acids is 1. The number of piperidine rings is 1. The highest BCUT2D eigenvalue weighted by atomic mass is 16.2. The van der Waals surface area contributed by atoms with Gasteiger partial charge in [-0.25, -0.2) is 9.97 Å². The van der Waals surface area contributed by atoms with Gasteiger partial charge in [0.15, 0.2) is 0 Å². The third-order valence-electron chi connectivity index (χ3n) is 7.14. The first-order valence-electron chi connectivity index (χ1n) is 11.4. The Morgan fingerprint density at radius 1 is 1.23 bits per heavy atom. The first-order chi connectivity index (χ1) is 15.1. The number of hydrogen-bond acceptors (Lipinski definition) is 6. The van der Waals surface area contributed by atoms with Crippen LogP contribution in [0.15, 0.2) is 35.5 Å². The van der Waals surface area contributed by atoms with Crippen LogP contribution in [0.3, 0.4) is 0 Å². The van der Waals surface area contributed by atoms with Gasteiger partial charge in [0.05, 0.1) is 0 Å². The molecule has 0 saturated carbocycles. The van der Waals surface area contributed by atoms with Gasteiger partial charge in [-0.15, -0.1) is 0 Å². The number of rotatable bonds is 5. The minimum absolute atomic E-state index is 0.154. The zero-order chi connectivity index (χ0) is 21.4. The minimum Gasteiger partial charge on any atom is -0.356 e. The maximum atomic E-state index is 13.2. The lowest BCUT2D eigenvalue weighted by atomic mass is 9.83. The van der Waals surface area contributed by atoms with Crippen LogP contribution in [-0.2, 0) is 6.54 Å². The Balaban J connectivity index is 1.32. The molecule has 0 aliphatic carbocycles. The van der Waals surface area contributed by atoms with Gasteiger partial charge in [-0.2, -0.15) is 0 Å². The van der Waals surface area contributed by atoms with E-state index in [1.54, 1.807) is 18.6 Å². The second-order valence-corrected chi connectivity index (χ2v) is 8.99. The molecule has 0 unspecified atom stereocenters. The summed E-state index contributed by atoms with van der Waals surface area (Å²) < 4.78 is 1.85. The van der Waals surface area contributed by atoms with Crippen LogP contribution in [0.2, 0.25) is 0 Å². The quantitative estimate of drug-likeness (QED) is 0.786. The van der Waals surface area contributed by atoms with E-state index in [4.69, 9.17) is 0 Å². The molecule has 8 nitrogen and oxygen atoms in total. The van der Waals surface area contributed by atoms with Crippen LogP contribution >= 0.6 is 0 Å². The van der Waals surface area contributed by atoms with E-state index in [9.17, 15) is 9.59 Å². The molecule has 2 aromatic rings. The maximum absolute atomic E-state index is 13.2. The monoisotopic (exact) mass is 422 g/mol. The molecule has 2 bridgehead atoms. The highest BCUT2D eigenvalue weighted by molar-refractivity contribution is 5.93. The van der Waals surface area contributed by atoms with Gasteiger partial charge < -0.3 is 14.8 Å². The van der Waals surface area contributed by atoms with E-state index in [0.717, 1.165) is 50.5 Å². The summed E-state index contributed by atoms with van der Waals surface area (Å²) in [7, 11) is 0. The number of nitrogens with one attached hydrogen (secondary N) is 1. The number of likely N-dealkylation sites (tertiary alicyclic amines) is 1. The van der Waals surface area contributed by atoms with E-state index in [1.807, 2.05) is 16.7 Å². The van der Waals surface area contributed by atoms with Gasteiger partial charge in [0.2, 0.25) is 0 Å². The molecule has 31 heavy (non-hydrogen) atoms. The summed E-state index contributed by atoms with van der Waals surface area (Å²) >= 11 is 0. The Bertz CT molecular complexity index is 1010. The predicted molar refractivity (Wildman–Crippen MR) is 118 cm³/mol. The van der Waals surface area contributed by atoms with E-state index in [-0.39, 0.29) is 22.9 Å². The molecule has 1 amide bonds. The average molecular weight is 423 g/mol. The second kappa shape index (κ2) is 8.42. The smallest absolute Gasteiger partial charge is 0.263 e. The summed E-state index contributed by atoms with van der Waals surface area (Å²) in [6.45, 7) is 7.19. The van der Waals surface area contributed by atoms with Crippen molar-refractivity contribution in [3.05, 3.63) is 52.3 Å². The summed E-state index contributed by atoms with van der Waals surface area (Å²) in [5.41, 5.74) is 1.14. The van der Waals surface area contributed by atoms with Crippen LogP contribution in [0.4, 0.5) is 5.82 Å². The number of anilines is 1. The number of hydrogen-bond donors (Lipinski definition) is 1. The van der Waals surface area contributed by atoms with E-state index in [2.05, 4.69) is 32.0 Å². The van der Waals surface area contributed by atoms with Crippen LogP contribution in [-0.4, -0.2) is 64.1 Å². The number of amides is 1. The Labute approximate surface area is 182 Å². The van der Waals surface area contributed by atoms with Crippen LogP contribution in [0, 0.1) is 5.92 Å². The highest BCUT2D eigenvalue weighted by Gasteiger charge is 2.36. The Morgan fingerprint density at radius 3 is 2.94 bits per heavy atom. The van der Waals surface area contributed by atoms with E-state index >= 15 is 0 Å². The molecule has 2 saturated heterocycles. The van der Waals surface area contributed by atoms with Crippen molar-refractivity contribution in [2.45, 2.75) is 44.7 Å². The number of aromatic nitrogens is 3. The summed E-state index contributed by atoms with van der Waals surface area (Å²) in [5, 5.41) is 3.02. The van der Waals surface area contributed by atoms with E-state index in [0.29, 0.717) is 25.0 Å². The molecule has 3 atom stereocenters. The number of pyridine rings is 1. The Kier molecular flexibility index (Phi) is 5.48. The summed E-state index contributed by atoms with van der Waals surface area (Å²) in [6, 6.07) is 6.02. The van der Waals surface area contributed by atoms with E-state index < -0.39 is 0 Å². The van der Waals surface area contributed by atoms with Crippen molar-refractivity contribution in [2.24, 2.45) is 5.92 Å². The van der Waals surface area contributed by atoms with E-state index in [1.165, 1.54) is 6.42 Å². The normalized spacial score (nSPS) is 25.3. The largest absolute Gasteiger partial charge is 0.356 e. The molecule has 2 aromatic heterocycles. The Hall–Kier alpha value is -2.74. The first-order valence-corrected chi connectivity index (χ1v) is 11.4. The number of likely N-dealkylation sites (N-methyl/N-ethyl adjacent to an activating group) is 1. The van der Waals surface area contributed by atoms with Crippen molar-refractivity contribution in [1.82, 2.24) is 24.8 Å².